The highest BCUT2D eigenvalue weighted by atomic mass is 79.9. The number of nitrogens with zero attached hydrogens (tertiary/aromatic N) is 1. The van der Waals surface area contributed by atoms with Crippen LogP contribution >= 0.6 is 39.0 Å². The average Bonchev–Trinajstić information content (AvgIpc) is 3.10. The van der Waals surface area contributed by atoms with E-state index in [1.165, 1.54) is 35.1 Å². The van der Waals surface area contributed by atoms with Gasteiger partial charge in [0.2, 0.25) is 5.91 Å². The van der Waals surface area contributed by atoms with Crippen molar-refractivity contribution in [3.05, 3.63) is 33.4 Å². The lowest BCUT2D eigenvalue weighted by molar-refractivity contribution is -0.201. The summed E-state index contributed by atoms with van der Waals surface area (Å²) < 4.78 is 5.37. The summed E-state index contributed by atoms with van der Waals surface area (Å²) in [6, 6.07) is 2.62. The van der Waals surface area contributed by atoms with Crippen LogP contribution < -0.4 is 5.32 Å². The highest BCUT2D eigenvalue weighted by Gasteiger charge is 2.67. The largest absolute Gasteiger partial charge is 0.479 e. The number of alkyl halides is 1. The summed E-state index contributed by atoms with van der Waals surface area (Å²) in [5.74, 6) is -2.01. The first-order chi connectivity index (χ1) is 11.9. The number of hydrogen-bond donors (Lipinski definition) is 2. The van der Waals surface area contributed by atoms with E-state index >= 15 is 0 Å². The maximum Gasteiger partial charge on any atom is 0.330 e. The van der Waals surface area contributed by atoms with Crippen LogP contribution in [0.5, 0.6) is 0 Å². The first-order valence-corrected chi connectivity index (χ1v) is 10.2. The molecule has 0 aliphatic carbocycles. The molecule has 2 N–H and O–H groups in total. The lowest BCUT2D eigenvalue weighted by atomic mass is 9.95. The van der Waals surface area contributed by atoms with Crippen molar-refractivity contribution >= 4 is 56.8 Å². The molecule has 3 heterocycles. The number of ether oxygens (including phenoxy) is 1. The van der Waals surface area contributed by atoms with Crippen LogP contribution in [0.4, 0.5) is 0 Å². The lowest BCUT2D eigenvalue weighted by Gasteiger charge is -2.57. The molecule has 10 heteroatoms. The number of carboxylic acid groups (broad SMARTS) is 1. The van der Waals surface area contributed by atoms with Crippen LogP contribution in [-0.2, 0) is 25.5 Å². The summed E-state index contributed by atoms with van der Waals surface area (Å²) in [5, 5.41) is 15.4. The van der Waals surface area contributed by atoms with Crippen molar-refractivity contribution in [3.63, 3.8) is 0 Å². The van der Waals surface area contributed by atoms with E-state index in [1.54, 1.807) is 5.41 Å². The quantitative estimate of drug-likeness (QED) is 0.389. The van der Waals surface area contributed by atoms with Gasteiger partial charge in [0, 0.05) is 17.3 Å². The number of carbonyl (C=O) groups excluding carboxylic acids is 2. The Balaban J connectivity index is 1.81. The van der Waals surface area contributed by atoms with E-state index < -0.39 is 29.0 Å². The van der Waals surface area contributed by atoms with E-state index in [1.807, 2.05) is 17.5 Å². The molecule has 1 saturated heterocycles. The molecule has 2 aliphatic rings. The van der Waals surface area contributed by atoms with Crippen LogP contribution in [0.15, 0.2) is 28.5 Å². The van der Waals surface area contributed by atoms with Gasteiger partial charge in [0.15, 0.2) is 6.04 Å². The highest BCUT2D eigenvalue weighted by Crippen LogP contribution is 2.46. The standard InChI is InChI=1S/C15H15BrN2O5S2/c1-23-15(17-10(19)5-9-3-2-4-24-9)13(22)18-11(12(20)21)8(6-16)7-25-14(15)18/h2-4,7,11,14H,5-6H2,1H3,(H,17,19)(H,20,21)/t11?,14-,15?/m1/s1. The molecule has 134 valence electrons. The summed E-state index contributed by atoms with van der Waals surface area (Å²) in [6.07, 6.45) is 0.137. The number of hydrogen-bond acceptors (Lipinski definition) is 6. The van der Waals surface area contributed by atoms with Gasteiger partial charge in [-0.2, -0.15) is 0 Å². The van der Waals surface area contributed by atoms with Crippen molar-refractivity contribution in [2.75, 3.05) is 12.4 Å². The predicted molar refractivity (Wildman–Crippen MR) is 97.4 cm³/mol. The summed E-state index contributed by atoms with van der Waals surface area (Å²) in [7, 11) is 1.33. The third kappa shape index (κ3) is 3.01. The molecule has 25 heavy (non-hydrogen) atoms. The van der Waals surface area contributed by atoms with Crippen LogP contribution in [0.25, 0.3) is 0 Å². The molecule has 2 amide bonds. The zero-order chi connectivity index (χ0) is 18.2. The molecule has 2 unspecified atom stereocenters. The van der Waals surface area contributed by atoms with Crippen molar-refractivity contribution in [1.82, 2.24) is 10.2 Å². The maximum absolute atomic E-state index is 12.7. The Morgan fingerprint density at radius 2 is 2.28 bits per heavy atom. The molecule has 0 aromatic carbocycles. The molecule has 0 spiro atoms. The zero-order valence-corrected chi connectivity index (χ0v) is 16.3. The van der Waals surface area contributed by atoms with E-state index in [0.717, 1.165) is 4.88 Å². The number of carboxylic acids is 1. The second kappa shape index (κ2) is 7.10. The van der Waals surface area contributed by atoms with E-state index in [2.05, 4.69) is 21.2 Å². The number of amides is 2. The van der Waals surface area contributed by atoms with Gasteiger partial charge >= 0.3 is 5.97 Å². The fraction of sp³-hybridized carbons (Fsp3) is 0.400. The number of aliphatic carboxylic acids is 1. The van der Waals surface area contributed by atoms with Gasteiger partial charge in [0.25, 0.3) is 11.6 Å². The Bertz CT molecular complexity index is 738. The number of halogens is 1. The molecule has 0 bridgehead atoms. The third-order valence-electron chi connectivity index (χ3n) is 4.08. The third-order valence-corrected chi connectivity index (χ3v) is 6.86. The normalized spacial score (nSPS) is 28.0. The predicted octanol–water partition coefficient (Wildman–Crippen LogP) is 1.40. The van der Waals surface area contributed by atoms with Crippen LogP contribution in [0.3, 0.4) is 0 Å². The van der Waals surface area contributed by atoms with E-state index in [9.17, 15) is 19.5 Å². The number of carbonyl (C=O) groups is 3. The fourth-order valence-electron chi connectivity index (χ4n) is 2.90. The highest BCUT2D eigenvalue weighted by molar-refractivity contribution is 9.09. The number of β-lactam (4-membered cyclic amide) rings is 1. The van der Waals surface area contributed by atoms with Crippen LogP contribution in [0.1, 0.15) is 4.88 Å². The Hall–Kier alpha value is -1.36. The van der Waals surface area contributed by atoms with Crippen molar-refractivity contribution < 1.29 is 24.2 Å². The van der Waals surface area contributed by atoms with Gasteiger partial charge in [-0.1, -0.05) is 22.0 Å². The Kier molecular flexibility index (Phi) is 5.24. The van der Waals surface area contributed by atoms with E-state index in [0.29, 0.717) is 10.9 Å². The zero-order valence-electron chi connectivity index (χ0n) is 13.1. The molecular formula is C15H15BrN2O5S2. The molecule has 7 nitrogen and oxygen atoms in total. The number of nitrogens with one attached hydrogen (secondary N) is 1. The summed E-state index contributed by atoms with van der Waals surface area (Å²) >= 11 is 5.96. The molecule has 2 aliphatic heterocycles. The molecule has 1 fully saturated rings. The number of fused-ring (bicyclic) bond motifs is 1. The minimum atomic E-state index is -1.54. The minimum absolute atomic E-state index is 0.137. The van der Waals surface area contributed by atoms with Gasteiger partial charge in [-0.05, 0) is 22.4 Å². The SMILES string of the molecule is COC1(NC(=O)Cc2cccs2)C(=O)N2C(C(=O)O)C(CBr)=CS[C@@H]21. The topological polar surface area (TPSA) is 95.9 Å². The van der Waals surface area contributed by atoms with Gasteiger partial charge in [-0.3, -0.25) is 9.59 Å². The van der Waals surface area contributed by atoms with E-state index in [4.69, 9.17) is 4.74 Å². The van der Waals surface area contributed by atoms with Crippen LogP contribution in [0, 0.1) is 0 Å². The summed E-state index contributed by atoms with van der Waals surface area (Å²) in [5.41, 5.74) is -0.960. The molecule has 1 aromatic heterocycles. The number of methoxy groups -OCH3 is 1. The molecule has 3 rings (SSSR count). The van der Waals surface area contributed by atoms with Crippen LogP contribution in [-0.4, -0.2) is 57.4 Å². The van der Waals surface area contributed by atoms with Crippen LogP contribution in [0.2, 0.25) is 0 Å². The van der Waals surface area contributed by atoms with Gasteiger partial charge in [0.1, 0.15) is 5.37 Å². The summed E-state index contributed by atoms with van der Waals surface area (Å²) in [4.78, 5) is 38.8. The minimum Gasteiger partial charge on any atom is -0.479 e. The summed E-state index contributed by atoms with van der Waals surface area (Å²) in [6.45, 7) is 0. The lowest BCUT2D eigenvalue weighted by Crippen LogP contribution is -2.83. The monoisotopic (exact) mass is 446 g/mol. The van der Waals surface area contributed by atoms with E-state index in [-0.39, 0.29) is 12.3 Å². The first kappa shape index (κ1) is 18.4. The smallest absolute Gasteiger partial charge is 0.330 e. The number of thiophene rings is 1. The van der Waals surface area contributed by atoms with Crippen molar-refractivity contribution in [3.8, 4) is 0 Å². The van der Waals surface area contributed by atoms with Gasteiger partial charge < -0.3 is 20.1 Å². The van der Waals surface area contributed by atoms with Crippen molar-refractivity contribution in [1.29, 1.82) is 0 Å². The van der Waals surface area contributed by atoms with Gasteiger partial charge in [-0.25, -0.2) is 4.79 Å². The van der Waals surface area contributed by atoms with Crippen molar-refractivity contribution in [2.45, 2.75) is 23.6 Å². The Morgan fingerprint density at radius 3 is 2.84 bits per heavy atom. The van der Waals surface area contributed by atoms with Gasteiger partial charge in [0.05, 0.1) is 6.42 Å². The molecule has 3 atom stereocenters. The second-order valence-corrected chi connectivity index (χ2v) is 8.06. The fourth-order valence-corrected chi connectivity index (χ4v) is 5.60. The molecule has 0 radical (unpaired) electrons. The molecule has 1 aromatic rings. The Morgan fingerprint density at radius 1 is 1.52 bits per heavy atom. The van der Waals surface area contributed by atoms with Gasteiger partial charge in [-0.15, -0.1) is 23.1 Å². The first-order valence-electron chi connectivity index (χ1n) is 7.29. The molecular weight excluding hydrogens is 432 g/mol. The number of thioether (sulfide) groups is 1. The molecule has 0 saturated carbocycles. The average molecular weight is 447 g/mol. The maximum atomic E-state index is 12.7. The second-order valence-electron chi connectivity index (χ2n) is 5.51. The Labute approximate surface area is 160 Å². The number of rotatable bonds is 6. The van der Waals surface area contributed by atoms with Crippen molar-refractivity contribution in [2.24, 2.45) is 0 Å².